The number of alkyl halides is 2. The quantitative estimate of drug-likeness (QED) is 0.216. The molecule has 0 aliphatic rings. The Kier molecular flexibility index (Phi) is 6.48. The molecule has 0 bridgehead atoms. The van der Waals surface area contributed by atoms with Crippen molar-refractivity contribution in [2.45, 2.75) is 13.1 Å². The third-order valence-corrected chi connectivity index (χ3v) is 5.94. The molecule has 0 fully saturated rings. The summed E-state index contributed by atoms with van der Waals surface area (Å²) in [5.41, 5.74) is 2.90. The number of rotatable bonds is 7. The van der Waals surface area contributed by atoms with E-state index in [1.165, 1.54) is 16.3 Å². The first-order valence-electron chi connectivity index (χ1n) is 8.25. The second-order valence-electron chi connectivity index (χ2n) is 6.08. The summed E-state index contributed by atoms with van der Waals surface area (Å²) in [7, 11) is -1.42. The average molecular weight is 446 g/mol. The van der Waals surface area contributed by atoms with Crippen LogP contribution in [0.4, 0.5) is 0 Å². The number of benzene rings is 3. The van der Waals surface area contributed by atoms with Crippen LogP contribution >= 0.6 is 0 Å². The van der Waals surface area contributed by atoms with Crippen LogP contribution in [0.1, 0.15) is 11.1 Å². The van der Waals surface area contributed by atoms with Gasteiger partial charge in [0, 0.05) is 0 Å². The Morgan fingerprint density at radius 1 is 0.840 bits per heavy atom. The van der Waals surface area contributed by atoms with Crippen molar-refractivity contribution in [2.75, 3.05) is 9.48 Å². The maximum atomic E-state index is 9.62. The standard InChI is InChI=1S/C20H22BINO2/c1-22-15-23(14-18-8-3-5-12-20(18)21(24)25)13-17-10-6-9-16-7-2-4-11-19(16)17/h2-12,24-25H,13-15H2,1H3/q-1. The van der Waals surface area contributed by atoms with Gasteiger partial charge in [0.05, 0.1) is 0 Å². The zero-order valence-corrected chi connectivity index (χ0v) is 16.4. The molecule has 0 saturated heterocycles. The molecule has 2 N–H and O–H groups in total. The molecule has 0 aliphatic heterocycles. The summed E-state index contributed by atoms with van der Waals surface area (Å²) in [5.74, 6) is 0. The topological polar surface area (TPSA) is 43.7 Å². The molecule has 0 radical (unpaired) electrons. The number of fused-ring (bicyclic) bond motifs is 1. The Morgan fingerprint density at radius 2 is 1.48 bits per heavy atom. The van der Waals surface area contributed by atoms with Crippen molar-refractivity contribution in [3.63, 3.8) is 0 Å². The molecule has 5 heteroatoms. The molecule has 3 aromatic rings. The van der Waals surface area contributed by atoms with Crippen molar-refractivity contribution < 1.29 is 31.3 Å². The first-order chi connectivity index (χ1) is 12.2. The fourth-order valence-electron chi connectivity index (χ4n) is 3.15. The number of hydrogen-bond acceptors (Lipinski definition) is 3. The summed E-state index contributed by atoms with van der Waals surface area (Å²) in [6.45, 7) is 1.59. The predicted molar refractivity (Wildman–Crippen MR) is 100 cm³/mol. The average Bonchev–Trinajstić information content (AvgIpc) is 2.62. The van der Waals surface area contributed by atoms with E-state index in [0.717, 1.165) is 23.2 Å². The van der Waals surface area contributed by atoms with Crippen LogP contribution in [0.2, 0.25) is 0 Å². The van der Waals surface area contributed by atoms with E-state index in [1.807, 2.05) is 18.2 Å². The van der Waals surface area contributed by atoms with Gasteiger partial charge in [-0.25, -0.2) is 0 Å². The molecule has 3 aromatic carbocycles. The van der Waals surface area contributed by atoms with Gasteiger partial charge >= 0.3 is 160 Å². The van der Waals surface area contributed by atoms with Crippen molar-refractivity contribution in [1.82, 2.24) is 4.90 Å². The van der Waals surface area contributed by atoms with Gasteiger partial charge in [0.25, 0.3) is 0 Å². The van der Waals surface area contributed by atoms with Crippen LogP contribution in [-0.2, 0) is 13.1 Å². The second-order valence-corrected chi connectivity index (χ2v) is 8.29. The first-order valence-corrected chi connectivity index (χ1v) is 11.9. The van der Waals surface area contributed by atoms with Gasteiger partial charge in [-0.3, -0.25) is 0 Å². The van der Waals surface area contributed by atoms with E-state index >= 15 is 0 Å². The first kappa shape index (κ1) is 18.4. The molecule has 0 saturated carbocycles. The molecule has 0 spiro atoms. The van der Waals surface area contributed by atoms with E-state index in [-0.39, 0.29) is 21.2 Å². The van der Waals surface area contributed by atoms with Gasteiger partial charge in [-0.2, -0.15) is 0 Å². The predicted octanol–water partition coefficient (Wildman–Crippen LogP) is -0.802. The fraction of sp³-hybridized carbons (Fsp3) is 0.200. The summed E-state index contributed by atoms with van der Waals surface area (Å²) in [6, 6.07) is 22.5. The second kappa shape index (κ2) is 8.80. The minimum absolute atomic E-state index is 0.102. The number of halogens is 1. The van der Waals surface area contributed by atoms with Gasteiger partial charge in [-0.05, 0) is 0 Å². The van der Waals surface area contributed by atoms with E-state index in [1.54, 1.807) is 6.07 Å². The van der Waals surface area contributed by atoms with Gasteiger partial charge in [0.2, 0.25) is 0 Å². The van der Waals surface area contributed by atoms with Gasteiger partial charge in [-0.1, -0.05) is 0 Å². The third-order valence-electron chi connectivity index (χ3n) is 4.29. The molecule has 3 nitrogen and oxygen atoms in total. The van der Waals surface area contributed by atoms with Crippen LogP contribution in [0.5, 0.6) is 0 Å². The van der Waals surface area contributed by atoms with Gasteiger partial charge < -0.3 is 0 Å². The van der Waals surface area contributed by atoms with E-state index in [0.29, 0.717) is 5.46 Å². The monoisotopic (exact) mass is 446 g/mol. The minimum atomic E-state index is -1.42. The summed E-state index contributed by atoms with van der Waals surface area (Å²) in [4.78, 5) is 4.69. The molecule has 0 unspecified atom stereocenters. The Bertz CT molecular complexity index is 835. The molecule has 0 aromatic heterocycles. The normalized spacial score (nSPS) is 11.4. The van der Waals surface area contributed by atoms with Crippen LogP contribution in [0.15, 0.2) is 66.7 Å². The molecule has 25 heavy (non-hydrogen) atoms. The molecule has 0 heterocycles. The molecule has 3 rings (SSSR count). The van der Waals surface area contributed by atoms with Crippen molar-refractivity contribution in [3.8, 4) is 0 Å². The molecular formula is C20H22BINO2-. The van der Waals surface area contributed by atoms with Crippen LogP contribution in [0.3, 0.4) is 0 Å². The van der Waals surface area contributed by atoms with Crippen LogP contribution in [-0.4, -0.2) is 31.5 Å². The summed E-state index contributed by atoms with van der Waals surface area (Å²) >= 11 is 0.102. The summed E-state index contributed by atoms with van der Waals surface area (Å²) in [6.07, 6.45) is 0. The van der Waals surface area contributed by atoms with E-state index in [9.17, 15) is 10.0 Å². The summed E-state index contributed by atoms with van der Waals surface area (Å²) < 4.78 is 1.07. The molecule has 0 aliphatic carbocycles. The van der Waals surface area contributed by atoms with Gasteiger partial charge in [-0.15, -0.1) is 0 Å². The number of hydrogen-bond donors (Lipinski definition) is 2. The Labute approximate surface area is 159 Å². The summed E-state index contributed by atoms with van der Waals surface area (Å²) in [5, 5.41) is 21.8. The van der Waals surface area contributed by atoms with Crippen molar-refractivity contribution >= 4 is 23.4 Å². The molecular weight excluding hydrogens is 424 g/mol. The Balaban J connectivity index is 1.87. The fourth-order valence-corrected chi connectivity index (χ4v) is 4.60. The Hall–Kier alpha value is -1.41. The zero-order chi connectivity index (χ0) is 17.6. The molecule has 130 valence electrons. The van der Waals surface area contributed by atoms with Gasteiger partial charge in [0.15, 0.2) is 0 Å². The number of nitrogens with zero attached hydrogens (tertiary/aromatic N) is 1. The van der Waals surface area contributed by atoms with E-state index < -0.39 is 7.12 Å². The van der Waals surface area contributed by atoms with Crippen molar-refractivity contribution in [2.24, 2.45) is 0 Å². The zero-order valence-electron chi connectivity index (χ0n) is 14.3. The van der Waals surface area contributed by atoms with E-state index in [2.05, 4.69) is 52.3 Å². The molecule has 0 amide bonds. The van der Waals surface area contributed by atoms with Crippen LogP contribution in [0.25, 0.3) is 10.8 Å². The van der Waals surface area contributed by atoms with Crippen molar-refractivity contribution in [3.05, 3.63) is 77.9 Å². The third kappa shape index (κ3) is 4.61. The van der Waals surface area contributed by atoms with Crippen LogP contribution < -0.4 is 26.7 Å². The Morgan fingerprint density at radius 3 is 2.28 bits per heavy atom. The van der Waals surface area contributed by atoms with Gasteiger partial charge in [0.1, 0.15) is 0 Å². The van der Waals surface area contributed by atoms with E-state index in [4.69, 9.17) is 0 Å². The van der Waals surface area contributed by atoms with Crippen LogP contribution in [0, 0.1) is 0 Å². The van der Waals surface area contributed by atoms with Crippen molar-refractivity contribution in [1.29, 1.82) is 0 Å². The molecule has 0 atom stereocenters. The SMILES string of the molecule is C[I-]CN(Cc1ccccc1B(O)O)Cc1cccc2ccccc12. The maximum absolute atomic E-state index is 9.62.